The number of ether oxygens (including phenoxy) is 1. The Morgan fingerprint density at radius 2 is 2.10 bits per heavy atom. The van der Waals surface area contributed by atoms with Crippen LogP contribution in [0, 0.1) is 11.8 Å². The van der Waals surface area contributed by atoms with E-state index in [4.69, 9.17) is 4.74 Å². The van der Waals surface area contributed by atoms with E-state index in [1.54, 1.807) is 0 Å². The van der Waals surface area contributed by atoms with Gasteiger partial charge in [-0.3, -0.25) is 0 Å². The van der Waals surface area contributed by atoms with Crippen LogP contribution in [-0.4, -0.2) is 25.3 Å². The van der Waals surface area contributed by atoms with Gasteiger partial charge in [0.25, 0.3) is 0 Å². The molecule has 0 radical (unpaired) electrons. The molecule has 2 heteroatoms. The molecule has 2 nitrogen and oxygen atoms in total. The fourth-order valence-electron chi connectivity index (χ4n) is 1.66. The molecule has 0 amide bonds. The normalized spacial score (nSPS) is 39.9. The smallest absolute Gasteiger partial charge is 0.0532 e. The Hall–Kier alpha value is -0.0800. The quantitative estimate of drug-likeness (QED) is 0.572. The lowest BCUT2D eigenvalue weighted by Gasteiger charge is -2.25. The van der Waals surface area contributed by atoms with Gasteiger partial charge in [-0.05, 0) is 5.92 Å². The van der Waals surface area contributed by atoms with E-state index >= 15 is 0 Å². The van der Waals surface area contributed by atoms with Crippen molar-refractivity contribution in [3.8, 4) is 0 Å². The van der Waals surface area contributed by atoms with Gasteiger partial charge in [-0.25, -0.2) is 0 Å². The molecule has 0 bridgehead atoms. The van der Waals surface area contributed by atoms with Crippen molar-refractivity contribution in [1.82, 2.24) is 5.32 Å². The zero-order valence-electron chi connectivity index (χ0n) is 6.63. The van der Waals surface area contributed by atoms with Gasteiger partial charge in [0.15, 0.2) is 0 Å². The molecule has 0 aromatic rings. The zero-order chi connectivity index (χ0) is 7.14. The van der Waals surface area contributed by atoms with Gasteiger partial charge in [-0.2, -0.15) is 0 Å². The predicted octanol–water partition coefficient (Wildman–Crippen LogP) is 0.629. The highest BCUT2D eigenvalue weighted by molar-refractivity contribution is 5.05. The first-order valence-corrected chi connectivity index (χ1v) is 4.13. The van der Waals surface area contributed by atoms with Crippen molar-refractivity contribution in [2.45, 2.75) is 25.9 Å². The van der Waals surface area contributed by atoms with E-state index in [2.05, 4.69) is 19.2 Å². The Morgan fingerprint density at radius 1 is 1.40 bits per heavy atom. The maximum absolute atomic E-state index is 5.12. The Labute approximate surface area is 61.9 Å². The van der Waals surface area contributed by atoms with E-state index in [0.717, 1.165) is 37.1 Å². The predicted molar refractivity (Wildman–Crippen MR) is 39.9 cm³/mol. The first-order chi connectivity index (χ1) is 4.79. The molecule has 2 aliphatic rings. The van der Waals surface area contributed by atoms with Crippen LogP contribution >= 0.6 is 0 Å². The van der Waals surface area contributed by atoms with Crippen molar-refractivity contribution in [2.75, 3.05) is 13.2 Å². The highest BCUT2D eigenvalue weighted by Crippen LogP contribution is 2.30. The largest absolute Gasteiger partial charge is 0.381 e. The van der Waals surface area contributed by atoms with E-state index in [0.29, 0.717) is 0 Å². The van der Waals surface area contributed by atoms with Crippen molar-refractivity contribution >= 4 is 0 Å². The zero-order valence-corrected chi connectivity index (χ0v) is 6.63. The minimum absolute atomic E-state index is 0.786. The lowest BCUT2D eigenvalue weighted by Crippen LogP contribution is -2.34. The van der Waals surface area contributed by atoms with Crippen LogP contribution in [0.15, 0.2) is 0 Å². The van der Waals surface area contributed by atoms with E-state index < -0.39 is 0 Å². The Morgan fingerprint density at radius 3 is 2.40 bits per heavy atom. The Bertz CT molecular complexity index is 131. The molecule has 0 aromatic heterocycles. The van der Waals surface area contributed by atoms with Gasteiger partial charge in [0.1, 0.15) is 0 Å². The molecule has 0 aromatic carbocycles. The van der Waals surface area contributed by atoms with Crippen LogP contribution in [0.5, 0.6) is 0 Å². The van der Waals surface area contributed by atoms with E-state index in [1.165, 1.54) is 0 Å². The summed E-state index contributed by atoms with van der Waals surface area (Å²) in [5, 5.41) is 3.49. The molecule has 2 aliphatic heterocycles. The molecule has 2 atom stereocenters. The fourth-order valence-corrected chi connectivity index (χ4v) is 1.66. The Kier molecular flexibility index (Phi) is 1.46. The van der Waals surface area contributed by atoms with Gasteiger partial charge < -0.3 is 10.1 Å². The van der Waals surface area contributed by atoms with Crippen LogP contribution in [0.25, 0.3) is 0 Å². The SMILES string of the molecule is CC(C)[C@H]1N[C@@H]1C1COC1. The number of rotatable bonds is 2. The summed E-state index contributed by atoms with van der Waals surface area (Å²) in [4.78, 5) is 0. The summed E-state index contributed by atoms with van der Waals surface area (Å²) in [6, 6.07) is 1.57. The third kappa shape index (κ3) is 0.956. The Balaban J connectivity index is 1.78. The number of nitrogens with one attached hydrogen (secondary N) is 1. The molecule has 0 unspecified atom stereocenters. The molecule has 2 saturated heterocycles. The van der Waals surface area contributed by atoms with Gasteiger partial charge in [0.2, 0.25) is 0 Å². The average Bonchev–Trinajstić information content (AvgIpc) is 2.40. The summed E-state index contributed by atoms with van der Waals surface area (Å²) < 4.78 is 5.12. The van der Waals surface area contributed by atoms with Gasteiger partial charge in [-0.15, -0.1) is 0 Å². The molecule has 2 fully saturated rings. The van der Waals surface area contributed by atoms with Crippen molar-refractivity contribution in [3.63, 3.8) is 0 Å². The standard InChI is InChI=1S/C8H15NO/c1-5(2)7-8(9-7)6-3-10-4-6/h5-9H,3-4H2,1-2H3/t7-,8-/m1/s1. The highest BCUT2D eigenvalue weighted by atomic mass is 16.5. The van der Waals surface area contributed by atoms with E-state index in [1.807, 2.05) is 0 Å². The highest BCUT2D eigenvalue weighted by Gasteiger charge is 2.46. The molecule has 1 N–H and O–H groups in total. The second kappa shape index (κ2) is 2.21. The molecular weight excluding hydrogens is 126 g/mol. The van der Waals surface area contributed by atoms with E-state index in [9.17, 15) is 0 Å². The third-order valence-electron chi connectivity index (χ3n) is 2.55. The molecule has 2 heterocycles. The number of hydrogen-bond acceptors (Lipinski definition) is 2. The maximum atomic E-state index is 5.12. The lowest BCUT2D eigenvalue weighted by molar-refractivity contribution is -0.0333. The topological polar surface area (TPSA) is 31.2 Å². The maximum Gasteiger partial charge on any atom is 0.0532 e. The lowest BCUT2D eigenvalue weighted by atomic mass is 9.97. The van der Waals surface area contributed by atoms with Gasteiger partial charge >= 0.3 is 0 Å². The number of hydrogen-bond donors (Lipinski definition) is 1. The molecule has 0 saturated carbocycles. The average molecular weight is 141 g/mol. The van der Waals surface area contributed by atoms with E-state index in [-0.39, 0.29) is 0 Å². The summed E-state index contributed by atoms with van der Waals surface area (Å²) in [6.07, 6.45) is 0. The summed E-state index contributed by atoms with van der Waals surface area (Å²) in [6.45, 7) is 6.52. The van der Waals surface area contributed by atoms with Crippen molar-refractivity contribution < 1.29 is 4.74 Å². The minimum Gasteiger partial charge on any atom is -0.381 e. The molecular formula is C8H15NO. The second-order valence-corrected chi connectivity index (χ2v) is 3.76. The molecule has 0 spiro atoms. The van der Waals surface area contributed by atoms with Crippen molar-refractivity contribution in [3.05, 3.63) is 0 Å². The molecule has 10 heavy (non-hydrogen) atoms. The summed E-state index contributed by atoms with van der Waals surface area (Å²) in [7, 11) is 0. The van der Waals surface area contributed by atoms with Crippen LogP contribution < -0.4 is 5.32 Å². The molecule has 2 rings (SSSR count). The summed E-state index contributed by atoms with van der Waals surface area (Å²) >= 11 is 0. The summed E-state index contributed by atoms with van der Waals surface area (Å²) in [5.74, 6) is 1.62. The van der Waals surface area contributed by atoms with Crippen LogP contribution in [0.3, 0.4) is 0 Å². The summed E-state index contributed by atoms with van der Waals surface area (Å²) in [5.41, 5.74) is 0. The molecule has 58 valence electrons. The monoisotopic (exact) mass is 141 g/mol. The first-order valence-electron chi connectivity index (χ1n) is 4.13. The van der Waals surface area contributed by atoms with Crippen LogP contribution in [0.1, 0.15) is 13.8 Å². The van der Waals surface area contributed by atoms with Gasteiger partial charge in [0.05, 0.1) is 13.2 Å². The first kappa shape index (κ1) is 6.62. The third-order valence-corrected chi connectivity index (χ3v) is 2.55. The van der Waals surface area contributed by atoms with Crippen LogP contribution in [0.4, 0.5) is 0 Å². The van der Waals surface area contributed by atoms with Gasteiger partial charge in [-0.1, -0.05) is 13.8 Å². The minimum atomic E-state index is 0.786. The van der Waals surface area contributed by atoms with Gasteiger partial charge in [0, 0.05) is 18.0 Å². The van der Waals surface area contributed by atoms with Crippen LogP contribution in [0.2, 0.25) is 0 Å². The van der Waals surface area contributed by atoms with Crippen molar-refractivity contribution in [1.29, 1.82) is 0 Å². The fraction of sp³-hybridized carbons (Fsp3) is 1.00. The van der Waals surface area contributed by atoms with Crippen LogP contribution in [-0.2, 0) is 4.74 Å². The van der Waals surface area contributed by atoms with Crippen molar-refractivity contribution in [2.24, 2.45) is 11.8 Å². The molecule has 0 aliphatic carbocycles. The second-order valence-electron chi connectivity index (χ2n) is 3.76.